The third kappa shape index (κ3) is 3.32. The van der Waals surface area contributed by atoms with E-state index in [1.54, 1.807) is 18.2 Å². The van der Waals surface area contributed by atoms with Crippen LogP contribution in [0.5, 0.6) is 5.75 Å². The molecular weight excluding hydrogens is 268 g/mol. The number of carbonyl (C=O) groups excluding carboxylic acids is 1. The monoisotopic (exact) mass is 280 g/mol. The lowest BCUT2D eigenvalue weighted by Crippen LogP contribution is -1.99. The van der Waals surface area contributed by atoms with Crippen LogP contribution >= 0.6 is 11.6 Å². The topological polar surface area (TPSA) is 65.2 Å². The molecule has 0 saturated heterocycles. The van der Waals surface area contributed by atoms with E-state index in [0.717, 1.165) is 12.8 Å². The number of halogens is 1. The summed E-state index contributed by atoms with van der Waals surface area (Å²) in [7, 11) is 0. The van der Waals surface area contributed by atoms with E-state index in [9.17, 15) is 4.79 Å². The number of hydrogen-bond donors (Lipinski definition) is 0. The lowest BCUT2D eigenvalue weighted by Gasteiger charge is -2.07. The van der Waals surface area contributed by atoms with Crippen LogP contribution in [-0.2, 0) is 13.0 Å². The van der Waals surface area contributed by atoms with Crippen molar-refractivity contribution in [1.82, 2.24) is 10.1 Å². The van der Waals surface area contributed by atoms with Gasteiger partial charge in [-0.25, -0.2) is 0 Å². The molecule has 100 valence electrons. The van der Waals surface area contributed by atoms with Gasteiger partial charge in [0.05, 0.1) is 10.6 Å². The highest BCUT2D eigenvalue weighted by Crippen LogP contribution is 2.28. The molecule has 5 nitrogen and oxygen atoms in total. The maximum atomic E-state index is 10.9. The highest BCUT2D eigenvalue weighted by molar-refractivity contribution is 6.32. The molecule has 0 unspecified atom stereocenters. The Balaban J connectivity index is 2.07. The molecule has 1 aromatic carbocycles. The number of aromatic nitrogens is 2. The van der Waals surface area contributed by atoms with Crippen molar-refractivity contribution in [2.24, 2.45) is 0 Å². The SMILES string of the molecule is CCCc1noc(COc2c(Cl)cccc2C=O)n1. The first-order valence-corrected chi connectivity index (χ1v) is 6.30. The normalized spacial score (nSPS) is 10.4. The summed E-state index contributed by atoms with van der Waals surface area (Å²) in [4.78, 5) is 15.1. The molecule has 2 rings (SSSR count). The van der Waals surface area contributed by atoms with Crippen LogP contribution in [0, 0.1) is 0 Å². The first kappa shape index (κ1) is 13.5. The Morgan fingerprint density at radius 1 is 1.47 bits per heavy atom. The van der Waals surface area contributed by atoms with Crippen molar-refractivity contribution in [1.29, 1.82) is 0 Å². The average molecular weight is 281 g/mol. The standard InChI is InChI=1S/C13H13ClN2O3/c1-2-4-11-15-12(19-16-11)8-18-13-9(7-17)5-3-6-10(13)14/h3,5-7H,2,4,8H2,1H3. The first-order valence-electron chi connectivity index (χ1n) is 5.92. The molecular formula is C13H13ClN2O3. The van der Waals surface area contributed by atoms with E-state index in [4.69, 9.17) is 20.9 Å². The van der Waals surface area contributed by atoms with Gasteiger partial charge < -0.3 is 9.26 Å². The van der Waals surface area contributed by atoms with Crippen LogP contribution in [-0.4, -0.2) is 16.4 Å². The van der Waals surface area contributed by atoms with Gasteiger partial charge in [0.25, 0.3) is 5.89 Å². The molecule has 6 heteroatoms. The fourth-order valence-electron chi connectivity index (χ4n) is 1.58. The molecule has 0 aliphatic rings. The van der Waals surface area contributed by atoms with E-state index in [0.29, 0.717) is 34.3 Å². The van der Waals surface area contributed by atoms with Crippen molar-refractivity contribution in [3.8, 4) is 5.75 Å². The molecule has 0 atom stereocenters. The zero-order valence-corrected chi connectivity index (χ0v) is 11.2. The van der Waals surface area contributed by atoms with Gasteiger partial charge in [0.2, 0.25) is 0 Å². The second kappa shape index (κ2) is 6.33. The summed E-state index contributed by atoms with van der Waals surface area (Å²) in [6.07, 6.45) is 2.40. The van der Waals surface area contributed by atoms with Gasteiger partial charge in [0.15, 0.2) is 18.7 Å². The minimum atomic E-state index is 0.0846. The zero-order chi connectivity index (χ0) is 13.7. The Bertz CT molecular complexity index is 569. The molecule has 0 N–H and O–H groups in total. The van der Waals surface area contributed by atoms with Gasteiger partial charge in [0, 0.05) is 6.42 Å². The number of carbonyl (C=O) groups is 1. The minimum absolute atomic E-state index is 0.0846. The largest absolute Gasteiger partial charge is 0.481 e. The summed E-state index contributed by atoms with van der Waals surface area (Å²) in [6.45, 7) is 2.12. The van der Waals surface area contributed by atoms with Crippen LogP contribution in [0.1, 0.15) is 35.4 Å². The van der Waals surface area contributed by atoms with Crippen molar-refractivity contribution >= 4 is 17.9 Å². The van der Waals surface area contributed by atoms with Crippen molar-refractivity contribution in [2.75, 3.05) is 0 Å². The molecule has 1 heterocycles. The van der Waals surface area contributed by atoms with Gasteiger partial charge in [-0.05, 0) is 18.6 Å². The van der Waals surface area contributed by atoms with E-state index in [2.05, 4.69) is 10.1 Å². The van der Waals surface area contributed by atoms with E-state index in [-0.39, 0.29) is 6.61 Å². The van der Waals surface area contributed by atoms with E-state index < -0.39 is 0 Å². The Morgan fingerprint density at radius 3 is 3.05 bits per heavy atom. The number of ether oxygens (including phenoxy) is 1. The maximum Gasteiger partial charge on any atom is 0.264 e. The second-order valence-electron chi connectivity index (χ2n) is 3.92. The molecule has 19 heavy (non-hydrogen) atoms. The Hall–Kier alpha value is -1.88. The Morgan fingerprint density at radius 2 is 2.32 bits per heavy atom. The lowest BCUT2D eigenvalue weighted by atomic mass is 10.2. The highest BCUT2D eigenvalue weighted by atomic mass is 35.5. The van der Waals surface area contributed by atoms with Gasteiger partial charge in [-0.2, -0.15) is 4.98 Å². The predicted molar refractivity (Wildman–Crippen MR) is 69.5 cm³/mol. The third-order valence-electron chi connectivity index (χ3n) is 2.45. The van der Waals surface area contributed by atoms with Crippen molar-refractivity contribution in [3.05, 3.63) is 40.5 Å². The molecule has 0 aliphatic carbocycles. The van der Waals surface area contributed by atoms with E-state index in [1.807, 2.05) is 6.92 Å². The summed E-state index contributed by atoms with van der Waals surface area (Å²) in [5.74, 6) is 1.34. The summed E-state index contributed by atoms with van der Waals surface area (Å²) >= 11 is 5.98. The number of rotatable bonds is 6. The van der Waals surface area contributed by atoms with Gasteiger partial charge in [-0.15, -0.1) is 0 Å². The van der Waals surface area contributed by atoms with Crippen LogP contribution in [0.15, 0.2) is 22.7 Å². The van der Waals surface area contributed by atoms with Crippen LogP contribution in [0.3, 0.4) is 0 Å². The zero-order valence-electron chi connectivity index (χ0n) is 10.4. The summed E-state index contributed by atoms with van der Waals surface area (Å²) in [6, 6.07) is 4.97. The first-order chi connectivity index (χ1) is 9.24. The number of benzene rings is 1. The highest BCUT2D eigenvalue weighted by Gasteiger charge is 2.11. The average Bonchev–Trinajstić information content (AvgIpc) is 2.85. The molecule has 0 fully saturated rings. The van der Waals surface area contributed by atoms with Crippen LogP contribution < -0.4 is 4.74 Å². The maximum absolute atomic E-state index is 10.9. The van der Waals surface area contributed by atoms with Crippen molar-refractivity contribution < 1.29 is 14.1 Å². The molecule has 0 radical (unpaired) electrons. The third-order valence-corrected chi connectivity index (χ3v) is 2.75. The van der Waals surface area contributed by atoms with E-state index >= 15 is 0 Å². The van der Waals surface area contributed by atoms with Gasteiger partial charge >= 0.3 is 0 Å². The molecule has 0 aliphatic heterocycles. The van der Waals surface area contributed by atoms with Crippen LogP contribution in [0.4, 0.5) is 0 Å². The van der Waals surface area contributed by atoms with Gasteiger partial charge in [-0.3, -0.25) is 4.79 Å². The molecule has 0 amide bonds. The predicted octanol–water partition coefficient (Wildman–Crippen LogP) is 3.07. The van der Waals surface area contributed by atoms with Crippen molar-refractivity contribution in [3.63, 3.8) is 0 Å². The summed E-state index contributed by atoms with van der Waals surface area (Å²) < 4.78 is 10.5. The summed E-state index contributed by atoms with van der Waals surface area (Å²) in [5, 5.41) is 4.19. The molecule has 1 aromatic heterocycles. The number of aryl methyl sites for hydroxylation is 1. The van der Waals surface area contributed by atoms with Gasteiger partial charge in [-0.1, -0.05) is 29.7 Å². The molecule has 2 aromatic rings. The van der Waals surface area contributed by atoms with Gasteiger partial charge in [0.1, 0.15) is 5.75 Å². The number of hydrogen-bond acceptors (Lipinski definition) is 5. The quantitative estimate of drug-likeness (QED) is 0.761. The smallest absolute Gasteiger partial charge is 0.264 e. The van der Waals surface area contributed by atoms with E-state index in [1.165, 1.54) is 0 Å². The van der Waals surface area contributed by atoms with Crippen molar-refractivity contribution in [2.45, 2.75) is 26.4 Å². The summed E-state index contributed by atoms with van der Waals surface area (Å²) in [5.41, 5.74) is 0.390. The molecule has 0 saturated carbocycles. The number of para-hydroxylation sites is 1. The lowest BCUT2D eigenvalue weighted by molar-refractivity contribution is 0.111. The second-order valence-corrected chi connectivity index (χ2v) is 4.33. The Labute approximate surface area is 115 Å². The van der Waals surface area contributed by atoms with Crippen LogP contribution in [0.25, 0.3) is 0 Å². The number of nitrogens with zero attached hydrogens (tertiary/aromatic N) is 2. The fraction of sp³-hybridized carbons (Fsp3) is 0.308. The molecule has 0 bridgehead atoms. The fourth-order valence-corrected chi connectivity index (χ4v) is 1.81. The Kier molecular flexibility index (Phi) is 4.52. The molecule has 0 spiro atoms. The minimum Gasteiger partial charge on any atom is -0.481 e. The number of aldehydes is 1. The van der Waals surface area contributed by atoms with Crippen LogP contribution in [0.2, 0.25) is 5.02 Å².